The van der Waals surface area contributed by atoms with Crippen LogP contribution in [0.5, 0.6) is 11.5 Å². The smallest absolute Gasteiger partial charge is 0.255 e. The highest BCUT2D eigenvalue weighted by molar-refractivity contribution is 6.08. The summed E-state index contributed by atoms with van der Waals surface area (Å²) in [6, 6.07) is 16.8. The molecule has 0 bridgehead atoms. The second kappa shape index (κ2) is 10.4. The number of hydrogen-bond donors (Lipinski definition) is 4. The van der Waals surface area contributed by atoms with Gasteiger partial charge in [-0.05, 0) is 74.2 Å². The molecular weight excluding hydrogens is 452 g/mol. The van der Waals surface area contributed by atoms with Crippen LogP contribution in [-0.2, 0) is 0 Å². The Labute approximate surface area is 213 Å². The van der Waals surface area contributed by atoms with Crippen molar-refractivity contribution in [2.45, 2.75) is 59.9 Å². The van der Waals surface area contributed by atoms with Crippen molar-refractivity contribution in [2.75, 3.05) is 10.6 Å². The number of phenolic OH excluding ortho intramolecular Hbond substituents is 2. The van der Waals surface area contributed by atoms with Crippen LogP contribution < -0.4 is 10.6 Å². The molecular formula is C30H36N2O4. The molecule has 6 nitrogen and oxygen atoms in total. The maximum absolute atomic E-state index is 13.0. The standard InChI is InChI=1S/C30H36N2O4/c1-7-29(3,4)27(35)21-10-9-11-22(16-21)28(36)31-23-17-19(12-14-25(23)33)20-13-15-26(34)24(18-20)32-30(5,6)8-2/h9-18,32-34H,7-8H2,1-6H3,(H,31,36). The Balaban J connectivity index is 1.88. The van der Waals surface area contributed by atoms with Gasteiger partial charge in [0.25, 0.3) is 5.91 Å². The summed E-state index contributed by atoms with van der Waals surface area (Å²) in [7, 11) is 0. The van der Waals surface area contributed by atoms with Crippen LogP contribution >= 0.6 is 0 Å². The molecule has 3 aromatic carbocycles. The first-order valence-corrected chi connectivity index (χ1v) is 12.3. The maximum Gasteiger partial charge on any atom is 0.255 e. The lowest BCUT2D eigenvalue weighted by atomic mass is 9.82. The highest BCUT2D eigenvalue weighted by Crippen LogP contribution is 2.35. The summed E-state index contributed by atoms with van der Waals surface area (Å²) < 4.78 is 0. The Morgan fingerprint density at radius 1 is 0.750 bits per heavy atom. The van der Waals surface area contributed by atoms with Crippen LogP contribution in [0.4, 0.5) is 11.4 Å². The largest absolute Gasteiger partial charge is 0.506 e. The number of anilines is 2. The molecule has 3 aromatic rings. The predicted molar refractivity (Wildman–Crippen MR) is 146 cm³/mol. The summed E-state index contributed by atoms with van der Waals surface area (Å²) in [5.41, 5.74) is 2.51. The van der Waals surface area contributed by atoms with Gasteiger partial charge in [-0.3, -0.25) is 9.59 Å². The average Bonchev–Trinajstić information content (AvgIpc) is 2.86. The van der Waals surface area contributed by atoms with Crippen LogP contribution in [0.15, 0.2) is 60.7 Å². The van der Waals surface area contributed by atoms with Gasteiger partial charge in [0, 0.05) is 22.1 Å². The first kappa shape index (κ1) is 26.8. The predicted octanol–water partition coefficient (Wildman–Crippen LogP) is 7.24. The number of Topliss-reactive ketones (excluding diaryl/α,β-unsaturated/α-hetero) is 1. The van der Waals surface area contributed by atoms with Gasteiger partial charge >= 0.3 is 0 Å². The summed E-state index contributed by atoms with van der Waals surface area (Å²) in [5.74, 6) is -0.374. The molecule has 0 spiro atoms. The van der Waals surface area contributed by atoms with Gasteiger partial charge in [0.1, 0.15) is 11.5 Å². The van der Waals surface area contributed by atoms with Gasteiger partial charge in [0.15, 0.2) is 5.78 Å². The number of aromatic hydroxyl groups is 2. The van der Waals surface area contributed by atoms with E-state index in [1.165, 1.54) is 6.07 Å². The van der Waals surface area contributed by atoms with Crippen LogP contribution in [0.25, 0.3) is 11.1 Å². The molecule has 0 atom stereocenters. The van der Waals surface area contributed by atoms with E-state index in [4.69, 9.17) is 0 Å². The third kappa shape index (κ3) is 6.06. The Morgan fingerprint density at radius 3 is 1.89 bits per heavy atom. The maximum atomic E-state index is 13.0. The zero-order chi connectivity index (χ0) is 26.7. The van der Waals surface area contributed by atoms with Gasteiger partial charge in [-0.25, -0.2) is 0 Å². The third-order valence-electron chi connectivity index (χ3n) is 6.82. The van der Waals surface area contributed by atoms with Gasteiger partial charge in [-0.15, -0.1) is 0 Å². The van der Waals surface area contributed by atoms with Crippen LogP contribution in [0.3, 0.4) is 0 Å². The molecule has 0 aromatic heterocycles. The van der Waals surface area contributed by atoms with E-state index in [1.54, 1.807) is 48.5 Å². The molecule has 6 heteroatoms. The monoisotopic (exact) mass is 488 g/mol. The van der Waals surface area contributed by atoms with Crippen molar-refractivity contribution in [1.29, 1.82) is 0 Å². The van der Waals surface area contributed by atoms with Crippen molar-refractivity contribution in [3.05, 3.63) is 71.8 Å². The van der Waals surface area contributed by atoms with Crippen molar-refractivity contribution in [3.63, 3.8) is 0 Å². The minimum Gasteiger partial charge on any atom is -0.506 e. The second-order valence-corrected chi connectivity index (χ2v) is 10.4. The number of nitrogens with one attached hydrogen (secondary N) is 2. The Bertz CT molecular complexity index is 1280. The number of rotatable bonds is 9. The normalized spacial score (nSPS) is 11.7. The Morgan fingerprint density at radius 2 is 1.31 bits per heavy atom. The summed E-state index contributed by atoms with van der Waals surface area (Å²) >= 11 is 0. The van der Waals surface area contributed by atoms with Crippen LogP contribution in [-0.4, -0.2) is 27.4 Å². The number of hydrogen-bond acceptors (Lipinski definition) is 5. The molecule has 0 aliphatic carbocycles. The summed E-state index contributed by atoms with van der Waals surface area (Å²) in [6.07, 6.45) is 1.56. The molecule has 0 aliphatic rings. The highest BCUT2D eigenvalue weighted by Gasteiger charge is 2.27. The van der Waals surface area contributed by atoms with Gasteiger partial charge in [0.05, 0.1) is 11.4 Å². The van der Waals surface area contributed by atoms with E-state index in [0.717, 1.165) is 17.5 Å². The van der Waals surface area contributed by atoms with Crippen molar-refractivity contribution in [3.8, 4) is 22.6 Å². The minimum absolute atomic E-state index is 0.0208. The number of phenols is 2. The van der Waals surface area contributed by atoms with Gasteiger partial charge in [0.2, 0.25) is 0 Å². The summed E-state index contributed by atoms with van der Waals surface area (Å²) in [5, 5.41) is 26.9. The lowest BCUT2D eigenvalue weighted by molar-refractivity contribution is 0.0833. The molecule has 1 amide bonds. The van der Waals surface area contributed by atoms with Crippen LogP contribution in [0.2, 0.25) is 0 Å². The zero-order valence-corrected chi connectivity index (χ0v) is 21.9. The fourth-order valence-electron chi connectivity index (χ4n) is 3.63. The van der Waals surface area contributed by atoms with Crippen molar-refractivity contribution in [2.24, 2.45) is 5.41 Å². The first-order chi connectivity index (χ1) is 16.9. The number of ketones is 1. The fraction of sp³-hybridized carbons (Fsp3) is 0.333. The van der Waals surface area contributed by atoms with Crippen molar-refractivity contribution >= 4 is 23.1 Å². The molecule has 0 saturated heterocycles. The Hall–Kier alpha value is -3.80. The minimum atomic E-state index is -0.522. The molecule has 3 rings (SSSR count). The SMILES string of the molecule is CCC(C)(C)Nc1cc(-c2ccc(O)c(NC(=O)c3cccc(C(=O)C(C)(C)CC)c3)c2)ccc1O. The zero-order valence-electron chi connectivity index (χ0n) is 21.9. The molecule has 0 fully saturated rings. The molecule has 0 saturated carbocycles. The Kier molecular flexibility index (Phi) is 7.77. The van der Waals surface area contributed by atoms with Gasteiger partial charge in [-0.2, -0.15) is 0 Å². The second-order valence-electron chi connectivity index (χ2n) is 10.4. The number of benzene rings is 3. The fourth-order valence-corrected chi connectivity index (χ4v) is 3.63. The molecule has 0 radical (unpaired) electrons. The number of carbonyl (C=O) groups is 2. The van der Waals surface area contributed by atoms with E-state index in [9.17, 15) is 19.8 Å². The number of carbonyl (C=O) groups excluding carboxylic acids is 2. The van der Waals surface area contributed by atoms with E-state index in [0.29, 0.717) is 23.2 Å². The molecule has 0 heterocycles. The lowest BCUT2D eigenvalue weighted by Crippen LogP contribution is -2.29. The molecule has 36 heavy (non-hydrogen) atoms. The summed E-state index contributed by atoms with van der Waals surface area (Å²) in [6.45, 7) is 11.9. The summed E-state index contributed by atoms with van der Waals surface area (Å²) in [4.78, 5) is 25.9. The van der Waals surface area contributed by atoms with E-state index in [2.05, 4.69) is 31.4 Å². The highest BCUT2D eigenvalue weighted by atomic mass is 16.3. The van der Waals surface area contributed by atoms with Crippen molar-refractivity contribution < 1.29 is 19.8 Å². The lowest BCUT2D eigenvalue weighted by Gasteiger charge is -2.26. The first-order valence-electron chi connectivity index (χ1n) is 12.3. The van der Waals surface area contributed by atoms with E-state index in [1.807, 2.05) is 26.8 Å². The quantitative estimate of drug-likeness (QED) is 0.188. The van der Waals surface area contributed by atoms with Gasteiger partial charge in [-0.1, -0.05) is 52.0 Å². The van der Waals surface area contributed by atoms with Crippen LogP contribution in [0.1, 0.15) is 75.1 Å². The molecule has 0 unspecified atom stereocenters. The third-order valence-corrected chi connectivity index (χ3v) is 6.82. The van der Waals surface area contributed by atoms with E-state index in [-0.39, 0.29) is 28.5 Å². The van der Waals surface area contributed by atoms with E-state index >= 15 is 0 Å². The van der Waals surface area contributed by atoms with Crippen LogP contribution in [0, 0.1) is 5.41 Å². The topological polar surface area (TPSA) is 98.7 Å². The average molecular weight is 489 g/mol. The molecule has 4 N–H and O–H groups in total. The van der Waals surface area contributed by atoms with E-state index < -0.39 is 11.3 Å². The molecule has 0 aliphatic heterocycles. The molecule has 190 valence electrons. The number of amides is 1. The van der Waals surface area contributed by atoms with Gasteiger partial charge < -0.3 is 20.8 Å². The van der Waals surface area contributed by atoms with Crippen molar-refractivity contribution in [1.82, 2.24) is 0 Å².